The van der Waals surface area contributed by atoms with Crippen LogP contribution in [0, 0.1) is 0 Å². The molecule has 1 saturated heterocycles. The Balaban J connectivity index is 1.53. The second kappa shape index (κ2) is 10.6. The Bertz CT molecular complexity index is 1250. The minimum Gasteiger partial charge on any atom is -0.494 e. The largest absolute Gasteiger partial charge is 0.494 e. The number of hydrogen-bond acceptors (Lipinski definition) is 4. The Hall–Kier alpha value is -2.84. The van der Waals surface area contributed by atoms with E-state index in [2.05, 4.69) is 5.32 Å². The van der Waals surface area contributed by atoms with Crippen LogP contribution >= 0.6 is 0 Å². The summed E-state index contributed by atoms with van der Waals surface area (Å²) in [7, 11) is -3.50. The number of sulfonamides is 1. The molecule has 4 rings (SSSR count). The summed E-state index contributed by atoms with van der Waals surface area (Å²) in [6, 6.07) is 14.4. The predicted molar refractivity (Wildman–Crippen MR) is 133 cm³/mol. The monoisotopic (exact) mass is 483 g/mol. The van der Waals surface area contributed by atoms with Gasteiger partial charge in [-0.3, -0.25) is 4.79 Å². The molecule has 0 aliphatic carbocycles. The number of rotatable bonds is 9. The van der Waals surface area contributed by atoms with Gasteiger partial charge in [-0.15, -0.1) is 0 Å². The van der Waals surface area contributed by atoms with Gasteiger partial charge in [0.25, 0.3) is 0 Å². The van der Waals surface area contributed by atoms with E-state index in [1.165, 1.54) is 0 Å². The fourth-order valence-corrected chi connectivity index (χ4v) is 6.14. The number of benzene rings is 2. The van der Waals surface area contributed by atoms with Crippen molar-refractivity contribution in [1.82, 2.24) is 14.2 Å². The van der Waals surface area contributed by atoms with Gasteiger partial charge in [0.1, 0.15) is 11.8 Å². The van der Waals surface area contributed by atoms with Crippen LogP contribution in [0.15, 0.2) is 59.6 Å². The number of para-hydroxylation sites is 1. The van der Waals surface area contributed by atoms with Crippen LogP contribution in [0.25, 0.3) is 10.9 Å². The van der Waals surface area contributed by atoms with Gasteiger partial charge in [0, 0.05) is 42.3 Å². The van der Waals surface area contributed by atoms with Crippen molar-refractivity contribution >= 4 is 26.8 Å². The molecule has 7 nitrogen and oxygen atoms in total. The zero-order chi connectivity index (χ0) is 24.1. The number of carbonyl (C=O) groups excluding carboxylic acids is 1. The summed E-state index contributed by atoms with van der Waals surface area (Å²) in [5.41, 5.74) is 1.77. The quantitative estimate of drug-likeness (QED) is 0.487. The molecule has 2 heterocycles. The van der Waals surface area contributed by atoms with Gasteiger partial charge in [-0.1, -0.05) is 31.5 Å². The first-order valence-electron chi connectivity index (χ1n) is 12.0. The highest BCUT2D eigenvalue weighted by Crippen LogP contribution is 2.28. The van der Waals surface area contributed by atoms with Gasteiger partial charge >= 0.3 is 0 Å². The zero-order valence-corrected chi connectivity index (χ0v) is 20.7. The Kier molecular flexibility index (Phi) is 7.58. The Morgan fingerprint density at radius 1 is 1.06 bits per heavy atom. The maximum atomic E-state index is 13.1. The molecule has 182 valence electrons. The maximum absolute atomic E-state index is 13.1. The molecule has 0 spiro atoms. The van der Waals surface area contributed by atoms with Gasteiger partial charge < -0.3 is 14.6 Å². The van der Waals surface area contributed by atoms with Crippen molar-refractivity contribution in [2.24, 2.45) is 0 Å². The molecule has 1 fully saturated rings. The number of hydrogen-bond donors (Lipinski definition) is 1. The van der Waals surface area contributed by atoms with Gasteiger partial charge in [-0.25, -0.2) is 8.42 Å². The Labute approximate surface area is 201 Å². The molecule has 1 aliphatic rings. The molecule has 2 aromatic carbocycles. The van der Waals surface area contributed by atoms with Crippen LogP contribution in [0.4, 0.5) is 0 Å². The number of nitrogens with one attached hydrogen (secondary N) is 1. The fourth-order valence-electron chi connectivity index (χ4n) is 4.58. The van der Waals surface area contributed by atoms with E-state index in [0.29, 0.717) is 37.6 Å². The Morgan fingerprint density at radius 3 is 2.56 bits per heavy atom. The van der Waals surface area contributed by atoms with E-state index in [4.69, 9.17) is 4.74 Å². The smallest absolute Gasteiger partial charge is 0.243 e. The van der Waals surface area contributed by atoms with Crippen molar-refractivity contribution in [3.05, 3.63) is 60.3 Å². The average molecular weight is 484 g/mol. The first-order chi connectivity index (χ1) is 16.5. The van der Waals surface area contributed by atoms with Crippen LogP contribution in [0.3, 0.4) is 0 Å². The Morgan fingerprint density at radius 2 is 1.82 bits per heavy atom. The summed E-state index contributed by atoms with van der Waals surface area (Å²) in [5, 5.41) is 3.85. The molecule has 1 N–H and O–H groups in total. The van der Waals surface area contributed by atoms with Crippen LogP contribution in [0.1, 0.15) is 51.1 Å². The summed E-state index contributed by atoms with van der Waals surface area (Å²) in [6.45, 7) is 6.00. The topological polar surface area (TPSA) is 80.6 Å². The molecule has 34 heavy (non-hydrogen) atoms. The van der Waals surface area contributed by atoms with Crippen LogP contribution in [-0.4, -0.2) is 42.9 Å². The number of fused-ring (bicyclic) bond motifs is 1. The predicted octanol–water partition coefficient (Wildman–Crippen LogP) is 4.48. The minimum atomic E-state index is -3.50. The SMILES string of the molecule is CCOc1ccccc1CNC(=O)[C@H](CC)n1ccc2cc(S(=O)(=O)N3CCCCC3)ccc21. The van der Waals surface area contributed by atoms with Crippen molar-refractivity contribution in [3.63, 3.8) is 0 Å². The van der Waals surface area contributed by atoms with Crippen LogP contribution < -0.4 is 10.1 Å². The lowest BCUT2D eigenvalue weighted by Crippen LogP contribution is -2.35. The highest BCUT2D eigenvalue weighted by Gasteiger charge is 2.27. The van der Waals surface area contributed by atoms with E-state index in [1.54, 1.807) is 16.4 Å². The first-order valence-corrected chi connectivity index (χ1v) is 13.5. The normalized spacial score (nSPS) is 15.8. The van der Waals surface area contributed by atoms with Crippen molar-refractivity contribution in [1.29, 1.82) is 0 Å². The average Bonchev–Trinajstić information content (AvgIpc) is 3.28. The number of aromatic nitrogens is 1. The molecule has 1 aromatic heterocycles. The second-order valence-corrected chi connectivity index (χ2v) is 10.5. The van der Waals surface area contributed by atoms with Gasteiger partial charge in [0.05, 0.1) is 11.5 Å². The molecule has 0 saturated carbocycles. The second-order valence-electron chi connectivity index (χ2n) is 8.59. The summed E-state index contributed by atoms with van der Waals surface area (Å²) in [5.74, 6) is 0.684. The molecule has 0 bridgehead atoms. The molecule has 8 heteroatoms. The summed E-state index contributed by atoms with van der Waals surface area (Å²) >= 11 is 0. The summed E-state index contributed by atoms with van der Waals surface area (Å²) in [4.78, 5) is 13.4. The van der Waals surface area contributed by atoms with Gasteiger partial charge in [0.15, 0.2) is 0 Å². The van der Waals surface area contributed by atoms with E-state index in [9.17, 15) is 13.2 Å². The maximum Gasteiger partial charge on any atom is 0.243 e. The number of amides is 1. The third-order valence-corrected chi connectivity index (χ3v) is 8.29. The molecular weight excluding hydrogens is 450 g/mol. The van der Waals surface area contributed by atoms with Crippen LogP contribution in [-0.2, 0) is 21.4 Å². The van der Waals surface area contributed by atoms with E-state index in [1.807, 2.05) is 61.0 Å². The van der Waals surface area contributed by atoms with Gasteiger partial charge in [0.2, 0.25) is 15.9 Å². The molecule has 1 amide bonds. The van der Waals surface area contributed by atoms with Crippen molar-refractivity contribution in [2.75, 3.05) is 19.7 Å². The van der Waals surface area contributed by atoms with Gasteiger partial charge in [-0.2, -0.15) is 4.31 Å². The first kappa shape index (κ1) is 24.3. The van der Waals surface area contributed by atoms with E-state index in [-0.39, 0.29) is 5.91 Å². The summed E-state index contributed by atoms with van der Waals surface area (Å²) < 4.78 is 35.3. The highest BCUT2D eigenvalue weighted by molar-refractivity contribution is 7.89. The molecule has 3 aromatic rings. The van der Waals surface area contributed by atoms with Crippen LogP contribution in [0.2, 0.25) is 0 Å². The number of carbonyl (C=O) groups is 1. The van der Waals surface area contributed by atoms with E-state index >= 15 is 0 Å². The molecule has 0 unspecified atom stereocenters. The zero-order valence-electron chi connectivity index (χ0n) is 19.9. The van der Waals surface area contributed by atoms with E-state index < -0.39 is 16.1 Å². The lowest BCUT2D eigenvalue weighted by Gasteiger charge is -2.26. The van der Waals surface area contributed by atoms with E-state index in [0.717, 1.165) is 41.5 Å². The minimum absolute atomic E-state index is 0.0867. The number of ether oxygens (including phenoxy) is 1. The standard InChI is InChI=1S/C26H33N3O4S/c1-3-23(26(30)27-19-21-10-6-7-11-25(21)33-4-2)29-17-14-20-18-22(12-13-24(20)29)34(31,32)28-15-8-5-9-16-28/h6-7,10-14,17-18,23H,3-5,8-9,15-16,19H2,1-2H3,(H,27,30)/t23-/m0/s1. The third-order valence-electron chi connectivity index (χ3n) is 6.40. The highest BCUT2D eigenvalue weighted by atomic mass is 32.2. The van der Waals surface area contributed by atoms with Crippen molar-refractivity contribution in [3.8, 4) is 5.75 Å². The van der Waals surface area contributed by atoms with Gasteiger partial charge in [-0.05, 0) is 56.5 Å². The third kappa shape index (κ3) is 4.98. The lowest BCUT2D eigenvalue weighted by atomic mass is 10.1. The summed E-state index contributed by atoms with van der Waals surface area (Å²) in [6.07, 6.45) is 5.35. The number of piperidine rings is 1. The number of nitrogens with zero attached hydrogens (tertiary/aromatic N) is 2. The fraction of sp³-hybridized carbons (Fsp3) is 0.423. The van der Waals surface area contributed by atoms with Crippen LogP contribution in [0.5, 0.6) is 5.75 Å². The molecule has 0 radical (unpaired) electrons. The van der Waals surface area contributed by atoms with Crippen molar-refractivity contribution in [2.45, 2.75) is 57.0 Å². The molecule has 1 atom stereocenters. The van der Waals surface area contributed by atoms with Crippen molar-refractivity contribution < 1.29 is 17.9 Å². The molecular formula is C26H33N3O4S. The molecule has 1 aliphatic heterocycles. The lowest BCUT2D eigenvalue weighted by molar-refractivity contribution is -0.124.